The summed E-state index contributed by atoms with van der Waals surface area (Å²) in [6, 6.07) is 42.3. The van der Waals surface area contributed by atoms with Gasteiger partial charge in [0.05, 0.1) is 5.52 Å². The highest BCUT2D eigenvalue weighted by atomic mass is 14.9. The lowest BCUT2D eigenvalue weighted by Crippen LogP contribution is -2.07. The van der Waals surface area contributed by atoms with Gasteiger partial charge in [-0.3, -0.25) is 4.98 Å². The van der Waals surface area contributed by atoms with Gasteiger partial charge < -0.3 is 5.32 Å². The molecule has 1 heterocycles. The van der Waals surface area contributed by atoms with Gasteiger partial charge in [-0.15, -0.1) is 0 Å². The zero-order valence-corrected chi connectivity index (χ0v) is 17.3. The zero-order valence-electron chi connectivity index (χ0n) is 17.3. The summed E-state index contributed by atoms with van der Waals surface area (Å²) in [4.78, 5) is 5.03. The minimum absolute atomic E-state index is 0.251. The van der Waals surface area contributed by atoms with E-state index in [-0.39, 0.29) is 5.92 Å². The highest BCUT2D eigenvalue weighted by Crippen LogP contribution is 2.32. The number of rotatable bonds is 6. The summed E-state index contributed by atoms with van der Waals surface area (Å²) in [5.74, 6) is 0.251. The topological polar surface area (TPSA) is 24.9 Å². The molecule has 0 aliphatic rings. The van der Waals surface area contributed by atoms with E-state index in [1.807, 2.05) is 18.2 Å². The van der Waals surface area contributed by atoms with Crippen molar-refractivity contribution >= 4 is 22.3 Å². The SMILES string of the molecule is c1ccc(Nc2cc(CC(c3ccccc3)c3ccccc3)nc3ccccc23)cc1. The maximum absolute atomic E-state index is 5.03. The van der Waals surface area contributed by atoms with E-state index in [1.54, 1.807) is 0 Å². The zero-order chi connectivity index (χ0) is 20.9. The lowest BCUT2D eigenvalue weighted by atomic mass is 9.87. The van der Waals surface area contributed by atoms with Crippen molar-refractivity contribution in [1.82, 2.24) is 4.98 Å². The van der Waals surface area contributed by atoms with Gasteiger partial charge in [0.2, 0.25) is 0 Å². The first-order valence-corrected chi connectivity index (χ1v) is 10.7. The van der Waals surface area contributed by atoms with E-state index in [1.165, 1.54) is 11.1 Å². The van der Waals surface area contributed by atoms with Gasteiger partial charge in [0.1, 0.15) is 0 Å². The van der Waals surface area contributed by atoms with Gasteiger partial charge >= 0.3 is 0 Å². The molecule has 2 heteroatoms. The van der Waals surface area contributed by atoms with Crippen molar-refractivity contribution < 1.29 is 0 Å². The Kier molecular flexibility index (Phi) is 5.44. The fourth-order valence-electron chi connectivity index (χ4n) is 4.12. The summed E-state index contributed by atoms with van der Waals surface area (Å²) in [7, 11) is 0. The molecule has 5 rings (SSSR count). The fraction of sp³-hybridized carbons (Fsp3) is 0.0690. The van der Waals surface area contributed by atoms with Crippen LogP contribution in [0, 0.1) is 0 Å². The molecular weight excluding hydrogens is 376 g/mol. The second-order valence-electron chi connectivity index (χ2n) is 7.75. The van der Waals surface area contributed by atoms with Crippen molar-refractivity contribution in [2.75, 3.05) is 5.32 Å². The molecule has 1 aromatic heterocycles. The van der Waals surface area contributed by atoms with Crippen molar-refractivity contribution in [3.8, 4) is 0 Å². The third-order valence-corrected chi connectivity index (χ3v) is 5.64. The molecule has 31 heavy (non-hydrogen) atoms. The minimum atomic E-state index is 0.251. The second-order valence-corrected chi connectivity index (χ2v) is 7.75. The van der Waals surface area contributed by atoms with Crippen LogP contribution in [0.2, 0.25) is 0 Å². The van der Waals surface area contributed by atoms with E-state index in [2.05, 4.69) is 108 Å². The van der Waals surface area contributed by atoms with E-state index in [4.69, 9.17) is 4.98 Å². The molecule has 0 unspecified atom stereocenters. The number of benzene rings is 4. The highest BCUT2D eigenvalue weighted by molar-refractivity contribution is 5.93. The number of hydrogen-bond acceptors (Lipinski definition) is 2. The lowest BCUT2D eigenvalue weighted by molar-refractivity contribution is 0.787. The molecule has 0 amide bonds. The van der Waals surface area contributed by atoms with Crippen LogP contribution in [0.1, 0.15) is 22.7 Å². The lowest BCUT2D eigenvalue weighted by Gasteiger charge is -2.19. The third-order valence-electron chi connectivity index (χ3n) is 5.64. The molecule has 2 nitrogen and oxygen atoms in total. The van der Waals surface area contributed by atoms with Crippen molar-refractivity contribution in [1.29, 1.82) is 0 Å². The van der Waals surface area contributed by atoms with Gasteiger partial charge in [-0.05, 0) is 35.4 Å². The van der Waals surface area contributed by atoms with Gasteiger partial charge in [-0.1, -0.05) is 97.1 Å². The van der Waals surface area contributed by atoms with E-state index in [9.17, 15) is 0 Å². The summed E-state index contributed by atoms with van der Waals surface area (Å²) in [6.07, 6.45) is 0.836. The molecule has 0 aliphatic carbocycles. The average Bonchev–Trinajstić information content (AvgIpc) is 2.84. The van der Waals surface area contributed by atoms with Crippen LogP contribution in [0.5, 0.6) is 0 Å². The van der Waals surface area contributed by atoms with Crippen LogP contribution in [-0.2, 0) is 6.42 Å². The predicted octanol–water partition coefficient (Wildman–Crippen LogP) is 7.35. The van der Waals surface area contributed by atoms with Gasteiger partial charge in [0.25, 0.3) is 0 Å². The number of nitrogens with one attached hydrogen (secondary N) is 1. The van der Waals surface area contributed by atoms with Crippen LogP contribution < -0.4 is 5.32 Å². The summed E-state index contributed by atoms with van der Waals surface area (Å²) < 4.78 is 0. The minimum Gasteiger partial charge on any atom is -0.355 e. The van der Waals surface area contributed by atoms with E-state index < -0.39 is 0 Å². The predicted molar refractivity (Wildman–Crippen MR) is 130 cm³/mol. The Hall–Kier alpha value is -3.91. The van der Waals surface area contributed by atoms with Crippen LogP contribution in [0.3, 0.4) is 0 Å². The first-order valence-electron chi connectivity index (χ1n) is 10.7. The quantitative estimate of drug-likeness (QED) is 0.322. The molecule has 0 bridgehead atoms. The highest BCUT2D eigenvalue weighted by Gasteiger charge is 2.17. The van der Waals surface area contributed by atoms with Crippen molar-refractivity contribution in [3.63, 3.8) is 0 Å². The van der Waals surface area contributed by atoms with E-state index in [0.717, 1.165) is 34.4 Å². The van der Waals surface area contributed by atoms with Crippen LogP contribution in [0.4, 0.5) is 11.4 Å². The Morgan fingerprint density at radius 2 is 1.16 bits per heavy atom. The average molecular weight is 401 g/mol. The van der Waals surface area contributed by atoms with Gasteiger partial charge in [-0.2, -0.15) is 0 Å². The third kappa shape index (κ3) is 4.34. The number of para-hydroxylation sites is 2. The second kappa shape index (κ2) is 8.85. The van der Waals surface area contributed by atoms with Crippen LogP contribution in [0.25, 0.3) is 10.9 Å². The van der Waals surface area contributed by atoms with Crippen LogP contribution >= 0.6 is 0 Å². The first kappa shape index (κ1) is 19.1. The Balaban J connectivity index is 1.57. The van der Waals surface area contributed by atoms with Crippen LogP contribution in [0.15, 0.2) is 121 Å². The molecule has 0 spiro atoms. The molecule has 5 aromatic rings. The number of nitrogens with zero attached hydrogens (tertiary/aromatic N) is 1. The monoisotopic (exact) mass is 400 g/mol. The Morgan fingerprint density at radius 3 is 1.81 bits per heavy atom. The van der Waals surface area contributed by atoms with Crippen LogP contribution in [-0.4, -0.2) is 4.98 Å². The number of fused-ring (bicyclic) bond motifs is 1. The summed E-state index contributed by atoms with van der Waals surface area (Å²) in [6.45, 7) is 0. The largest absolute Gasteiger partial charge is 0.355 e. The number of aromatic nitrogens is 1. The first-order chi connectivity index (χ1) is 15.4. The van der Waals surface area contributed by atoms with Gasteiger partial charge in [-0.25, -0.2) is 0 Å². The molecule has 0 fully saturated rings. The molecule has 1 N–H and O–H groups in total. The smallest absolute Gasteiger partial charge is 0.0726 e. The number of pyridine rings is 1. The maximum Gasteiger partial charge on any atom is 0.0726 e. The van der Waals surface area contributed by atoms with E-state index >= 15 is 0 Å². The summed E-state index contributed by atoms with van der Waals surface area (Å²) in [5.41, 5.74) is 6.87. The summed E-state index contributed by atoms with van der Waals surface area (Å²) in [5, 5.41) is 4.73. The van der Waals surface area contributed by atoms with Crippen molar-refractivity contribution in [3.05, 3.63) is 138 Å². The number of hydrogen-bond donors (Lipinski definition) is 1. The Morgan fingerprint density at radius 1 is 0.613 bits per heavy atom. The Labute approximate surface area is 183 Å². The number of anilines is 2. The van der Waals surface area contributed by atoms with Crippen molar-refractivity contribution in [2.45, 2.75) is 12.3 Å². The molecule has 4 aromatic carbocycles. The maximum atomic E-state index is 5.03. The molecule has 0 aliphatic heterocycles. The van der Waals surface area contributed by atoms with E-state index in [0.29, 0.717) is 0 Å². The molecule has 150 valence electrons. The molecule has 0 atom stereocenters. The molecule has 0 radical (unpaired) electrons. The standard InChI is InChI=1S/C29H24N2/c1-4-12-22(13-5-1)27(23-14-6-2-7-15-23)20-25-21-29(30-24-16-8-3-9-17-24)26-18-10-11-19-28(26)31-25/h1-19,21,27H,20H2,(H,30,31). The fourth-order valence-corrected chi connectivity index (χ4v) is 4.12. The van der Waals surface area contributed by atoms with Gasteiger partial charge in [0, 0.05) is 34.8 Å². The Bertz CT molecular complexity index is 1230. The molecule has 0 saturated heterocycles. The normalized spacial score (nSPS) is 11.0. The molecular formula is C29H24N2. The van der Waals surface area contributed by atoms with Gasteiger partial charge in [0.15, 0.2) is 0 Å². The van der Waals surface area contributed by atoms with Crippen molar-refractivity contribution in [2.24, 2.45) is 0 Å². The molecule has 0 saturated carbocycles. The summed E-state index contributed by atoms with van der Waals surface area (Å²) >= 11 is 0.